The topological polar surface area (TPSA) is 21.3 Å². The molecule has 0 aliphatic heterocycles. The normalized spacial score (nSPS) is 12.6. The highest BCUT2D eigenvalue weighted by Crippen LogP contribution is 2.20. The van der Waals surface area contributed by atoms with Gasteiger partial charge in [-0.3, -0.25) is 0 Å². The molecule has 2 nitrogen and oxygen atoms in total. The third-order valence-electron chi connectivity index (χ3n) is 2.64. The van der Waals surface area contributed by atoms with Crippen LogP contribution in [0.5, 0.6) is 0 Å². The summed E-state index contributed by atoms with van der Waals surface area (Å²) < 4.78 is 5.04. The number of hydrogen-bond acceptors (Lipinski definition) is 3. The number of rotatable bonds is 8. The number of hydrogen-bond donors (Lipinski definition) is 1. The lowest BCUT2D eigenvalue weighted by Crippen LogP contribution is -2.19. The first-order chi connectivity index (χ1) is 8.27. The van der Waals surface area contributed by atoms with Gasteiger partial charge in [0.2, 0.25) is 0 Å². The van der Waals surface area contributed by atoms with Crippen molar-refractivity contribution in [3.8, 4) is 0 Å². The summed E-state index contributed by atoms with van der Waals surface area (Å²) in [5, 5.41) is 3.49. The highest BCUT2D eigenvalue weighted by Gasteiger charge is 2.03. The average Bonchev–Trinajstić information content (AvgIpc) is 2.37. The van der Waals surface area contributed by atoms with Crippen LogP contribution in [0.3, 0.4) is 0 Å². The van der Waals surface area contributed by atoms with Crippen LogP contribution in [0, 0.1) is 0 Å². The maximum absolute atomic E-state index is 5.04. The first-order valence-corrected chi connectivity index (χ1v) is 7.21. The van der Waals surface area contributed by atoms with Gasteiger partial charge in [-0.15, -0.1) is 11.8 Å². The van der Waals surface area contributed by atoms with E-state index in [1.54, 1.807) is 7.11 Å². The third-order valence-corrected chi connectivity index (χ3v) is 3.61. The maximum atomic E-state index is 5.04. The van der Waals surface area contributed by atoms with Crippen LogP contribution in [-0.4, -0.2) is 26.0 Å². The van der Waals surface area contributed by atoms with E-state index in [0.29, 0.717) is 6.04 Å². The van der Waals surface area contributed by atoms with Crippen molar-refractivity contribution in [3.63, 3.8) is 0 Å². The molecular formula is C14H23NOS. The van der Waals surface area contributed by atoms with Crippen molar-refractivity contribution in [2.24, 2.45) is 0 Å². The molecule has 1 aromatic rings. The van der Waals surface area contributed by atoms with Gasteiger partial charge in [0.15, 0.2) is 0 Å². The van der Waals surface area contributed by atoms with Crippen LogP contribution >= 0.6 is 11.8 Å². The Kier molecular flexibility index (Phi) is 7.33. The van der Waals surface area contributed by atoms with E-state index in [1.807, 2.05) is 11.8 Å². The predicted molar refractivity (Wildman–Crippen MR) is 75.8 cm³/mol. The van der Waals surface area contributed by atoms with Gasteiger partial charge in [-0.2, -0.15) is 0 Å². The molecule has 1 rings (SSSR count). The molecule has 0 bridgehead atoms. The van der Waals surface area contributed by atoms with Crippen LogP contribution < -0.4 is 5.32 Å². The molecule has 0 fully saturated rings. The van der Waals surface area contributed by atoms with E-state index in [0.717, 1.165) is 18.9 Å². The number of thioether (sulfide) groups is 1. The summed E-state index contributed by atoms with van der Waals surface area (Å²) in [6.45, 7) is 6.28. The van der Waals surface area contributed by atoms with E-state index in [1.165, 1.54) is 16.9 Å². The molecule has 0 aliphatic rings. The molecule has 0 saturated heterocycles. The molecule has 0 saturated carbocycles. The smallest absolute Gasteiger partial charge is 0.0556 e. The Morgan fingerprint density at radius 3 is 2.59 bits per heavy atom. The quantitative estimate of drug-likeness (QED) is 0.566. The van der Waals surface area contributed by atoms with Crippen molar-refractivity contribution in [2.45, 2.75) is 31.2 Å². The molecule has 0 amide bonds. The van der Waals surface area contributed by atoms with Crippen LogP contribution in [0.1, 0.15) is 31.9 Å². The second-order valence-electron chi connectivity index (χ2n) is 4.09. The fourth-order valence-electron chi connectivity index (χ4n) is 1.57. The van der Waals surface area contributed by atoms with E-state index in [9.17, 15) is 0 Å². The maximum Gasteiger partial charge on any atom is 0.0556 e. The minimum atomic E-state index is 0.438. The molecule has 1 unspecified atom stereocenters. The highest BCUT2D eigenvalue weighted by atomic mass is 32.2. The van der Waals surface area contributed by atoms with E-state index in [4.69, 9.17) is 4.74 Å². The zero-order valence-electron chi connectivity index (χ0n) is 11.0. The Hall–Kier alpha value is -0.510. The molecule has 1 atom stereocenters. The summed E-state index contributed by atoms with van der Waals surface area (Å²) >= 11 is 1.84. The monoisotopic (exact) mass is 253 g/mol. The van der Waals surface area contributed by atoms with Crippen LogP contribution in [0.4, 0.5) is 0 Å². The summed E-state index contributed by atoms with van der Waals surface area (Å²) in [5.41, 5.74) is 1.36. The lowest BCUT2D eigenvalue weighted by molar-refractivity contribution is 0.218. The SMILES string of the molecule is CCCNC(C)c1ccc(SCCOC)cc1. The van der Waals surface area contributed by atoms with Crippen molar-refractivity contribution in [3.05, 3.63) is 29.8 Å². The van der Waals surface area contributed by atoms with Crippen LogP contribution in [0.15, 0.2) is 29.2 Å². The predicted octanol–water partition coefficient (Wildman–Crippen LogP) is 3.49. The molecule has 3 heteroatoms. The van der Waals surface area contributed by atoms with E-state index in [2.05, 4.69) is 43.4 Å². The largest absolute Gasteiger partial charge is 0.384 e. The van der Waals surface area contributed by atoms with Crippen molar-refractivity contribution >= 4 is 11.8 Å². The Morgan fingerprint density at radius 1 is 1.29 bits per heavy atom. The molecule has 17 heavy (non-hydrogen) atoms. The molecule has 96 valence electrons. The molecule has 1 aromatic carbocycles. The van der Waals surface area contributed by atoms with Gasteiger partial charge in [0, 0.05) is 23.8 Å². The van der Waals surface area contributed by atoms with Gasteiger partial charge >= 0.3 is 0 Å². The van der Waals surface area contributed by atoms with Crippen molar-refractivity contribution in [1.82, 2.24) is 5.32 Å². The van der Waals surface area contributed by atoms with Crippen molar-refractivity contribution in [1.29, 1.82) is 0 Å². The van der Waals surface area contributed by atoms with Crippen molar-refractivity contribution < 1.29 is 4.74 Å². The minimum Gasteiger partial charge on any atom is -0.384 e. The molecule has 0 aromatic heterocycles. The Morgan fingerprint density at radius 2 is 2.00 bits per heavy atom. The van der Waals surface area contributed by atoms with Crippen molar-refractivity contribution in [2.75, 3.05) is 26.0 Å². The average molecular weight is 253 g/mol. The Labute approximate surface area is 109 Å². The Balaban J connectivity index is 2.43. The summed E-state index contributed by atoms with van der Waals surface area (Å²) in [5.74, 6) is 1.01. The lowest BCUT2D eigenvalue weighted by atomic mass is 10.1. The minimum absolute atomic E-state index is 0.438. The number of methoxy groups -OCH3 is 1. The number of ether oxygens (including phenoxy) is 1. The number of benzene rings is 1. The molecular weight excluding hydrogens is 230 g/mol. The van der Waals surface area contributed by atoms with Crippen LogP contribution in [0.25, 0.3) is 0 Å². The zero-order valence-corrected chi connectivity index (χ0v) is 11.8. The van der Waals surface area contributed by atoms with Gasteiger partial charge in [0.05, 0.1) is 6.61 Å². The zero-order chi connectivity index (χ0) is 12.5. The summed E-state index contributed by atoms with van der Waals surface area (Å²) in [6, 6.07) is 9.25. The van der Waals surface area contributed by atoms with Gasteiger partial charge < -0.3 is 10.1 Å². The van der Waals surface area contributed by atoms with Gasteiger partial charge in [-0.1, -0.05) is 19.1 Å². The fourth-order valence-corrected chi connectivity index (χ4v) is 2.39. The summed E-state index contributed by atoms with van der Waals surface area (Å²) in [4.78, 5) is 1.31. The highest BCUT2D eigenvalue weighted by molar-refractivity contribution is 7.99. The van der Waals surface area contributed by atoms with E-state index in [-0.39, 0.29) is 0 Å². The second-order valence-corrected chi connectivity index (χ2v) is 5.25. The third kappa shape index (κ3) is 5.57. The Bertz CT molecular complexity index is 300. The second kappa shape index (κ2) is 8.56. The first kappa shape index (κ1) is 14.6. The molecule has 0 heterocycles. The summed E-state index contributed by atoms with van der Waals surface area (Å²) in [7, 11) is 1.74. The first-order valence-electron chi connectivity index (χ1n) is 6.23. The van der Waals surface area contributed by atoms with Gasteiger partial charge in [0.1, 0.15) is 0 Å². The summed E-state index contributed by atoms with van der Waals surface area (Å²) in [6.07, 6.45) is 1.18. The lowest BCUT2D eigenvalue weighted by Gasteiger charge is -2.13. The van der Waals surface area contributed by atoms with Crippen LogP contribution in [0.2, 0.25) is 0 Å². The molecule has 0 radical (unpaired) electrons. The number of nitrogens with one attached hydrogen (secondary N) is 1. The van der Waals surface area contributed by atoms with Gasteiger partial charge in [-0.25, -0.2) is 0 Å². The van der Waals surface area contributed by atoms with E-state index < -0.39 is 0 Å². The molecule has 0 aliphatic carbocycles. The van der Waals surface area contributed by atoms with E-state index >= 15 is 0 Å². The molecule has 1 N–H and O–H groups in total. The molecule has 0 spiro atoms. The standard InChI is InChI=1S/C14H23NOS/c1-4-9-15-12(2)13-5-7-14(8-6-13)17-11-10-16-3/h5-8,12,15H,4,9-11H2,1-3H3. The van der Waals surface area contributed by atoms with Gasteiger partial charge in [0.25, 0.3) is 0 Å². The fraction of sp³-hybridized carbons (Fsp3) is 0.571. The van der Waals surface area contributed by atoms with Gasteiger partial charge in [-0.05, 0) is 37.6 Å². The van der Waals surface area contributed by atoms with Crippen LogP contribution in [-0.2, 0) is 4.74 Å².